The number of hydrogen-bond donors (Lipinski definition) is 2. The van der Waals surface area contributed by atoms with Crippen LogP contribution < -0.4 is 10.3 Å². The van der Waals surface area contributed by atoms with Crippen molar-refractivity contribution < 1.29 is 9.53 Å². The molecule has 0 atom stereocenters. The number of hydrogen-bond acceptors (Lipinski definition) is 8. The van der Waals surface area contributed by atoms with Crippen LogP contribution in [0.4, 0.5) is 5.13 Å². The van der Waals surface area contributed by atoms with Crippen LogP contribution in [-0.4, -0.2) is 59.1 Å². The molecular formula is C23H22N6O2S2. The Hall–Kier alpha value is -3.21. The van der Waals surface area contributed by atoms with Crippen molar-refractivity contribution in [3.05, 3.63) is 59.5 Å². The van der Waals surface area contributed by atoms with Crippen molar-refractivity contribution in [1.29, 1.82) is 0 Å². The zero-order valence-electron chi connectivity index (χ0n) is 17.7. The molecule has 2 aromatic carbocycles. The first-order valence-electron chi connectivity index (χ1n) is 10.5. The average molecular weight is 479 g/mol. The minimum atomic E-state index is -0.198. The van der Waals surface area contributed by atoms with Crippen molar-refractivity contribution in [2.24, 2.45) is 5.10 Å². The second-order valence-electron chi connectivity index (χ2n) is 7.32. The van der Waals surface area contributed by atoms with Gasteiger partial charge < -0.3 is 14.6 Å². The van der Waals surface area contributed by atoms with E-state index in [-0.39, 0.29) is 11.7 Å². The number of benzene rings is 2. The maximum Gasteiger partial charge on any atom is 0.250 e. The van der Waals surface area contributed by atoms with Gasteiger partial charge in [-0.05, 0) is 12.1 Å². The van der Waals surface area contributed by atoms with E-state index in [0.717, 1.165) is 45.4 Å². The molecular weight excluding hydrogens is 456 g/mol. The van der Waals surface area contributed by atoms with Crippen molar-refractivity contribution >= 4 is 51.4 Å². The van der Waals surface area contributed by atoms with Gasteiger partial charge in [-0.25, -0.2) is 15.4 Å². The van der Waals surface area contributed by atoms with Crippen molar-refractivity contribution in [1.82, 2.24) is 20.4 Å². The van der Waals surface area contributed by atoms with Crippen LogP contribution in [0.15, 0.2) is 64.9 Å². The van der Waals surface area contributed by atoms with Crippen LogP contribution in [0.25, 0.3) is 22.3 Å². The number of thiazole rings is 1. The molecule has 0 saturated carbocycles. The monoisotopic (exact) mass is 478 g/mol. The molecule has 1 saturated heterocycles. The number of H-pyrrole nitrogens is 1. The summed E-state index contributed by atoms with van der Waals surface area (Å²) in [6.45, 7) is 3.02. The van der Waals surface area contributed by atoms with Crippen LogP contribution in [0.1, 0.15) is 4.88 Å². The highest BCUT2D eigenvalue weighted by atomic mass is 32.2. The van der Waals surface area contributed by atoms with Crippen LogP contribution in [0.2, 0.25) is 0 Å². The summed E-state index contributed by atoms with van der Waals surface area (Å²) in [4.78, 5) is 28.0. The number of rotatable bonds is 7. The van der Waals surface area contributed by atoms with Gasteiger partial charge in [0, 0.05) is 18.7 Å². The summed E-state index contributed by atoms with van der Waals surface area (Å²) in [5, 5.41) is 5.84. The SMILES string of the molecule is O=C(CSc1nc2ccccc2[nH]1)N/N=C\c1sc(N2CCOCC2)nc1-c1ccccc1. The first-order chi connectivity index (χ1) is 16.3. The Bertz CT molecular complexity index is 1230. The van der Waals surface area contributed by atoms with Gasteiger partial charge in [-0.2, -0.15) is 5.10 Å². The highest BCUT2D eigenvalue weighted by Crippen LogP contribution is 2.32. The fourth-order valence-electron chi connectivity index (χ4n) is 3.43. The number of carbonyl (C=O) groups is 1. The first kappa shape index (κ1) is 21.6. The number of imidazole rings is 1. The third-order valence-corrected chi connectivity index (χ3v) is 6.97. The van der Waals surface area contributed by atoms with Crippen molar-refractivity contribution in [3.8, 4) is 11.3 Å². The minimum Gasteiger partial charge on any atom is -0.378 e. The largest absolute Gasteiger partial charge is 0.378 e. The third-order valence-electron chi connectivity index (χ3n) is 5.05. The number of aromatic amines is 1. The van der Waals surface area contributed by atoms with E-state index in [9.17, 15) is 4.79 Å². The maximum atomic E-state index is 12.3. The van der Waals surface area contributed by atoms with E-state index in [4.69, 9.17) is 9.72 Å². The van der Waals surface area contributed by atoms with E-state index >= 15 is 0 Å². The second kappa shape index (κ2) is 10.2. The van der Waals surface area contributed by atoms with E-state index in [2.05, 4.69) is 25.4 Å². The molecule has 2 aromatic heterocycles. The molecule has 10 heteroatoms. The quantitative estimate of drug-likeness (QED) is 0.239. The Kier molecular flexibility index (Phi) is 6.66. The fourth-order valence-corrected chi connectivity index (χ4v) is 5.12. The number of anilines is 1. The lowest BCUT2D eigenvalue weighted by Crippen LogP contribution is -2.36. The molecule has 0 aliphatic carbocycles. The summed E-state index contributed by atoms with van der Waals surface area (Å²) in [6.07, 6.45) is 1.67. The summed E-state index contributed by atoms with van der Waals surface area (Å²) in [5.74, 6) is 0.0145. The summed E-state index contributed by atoms with van der Waals surface area (Å²) in [5.41, 5.74) is 6.32. The number of morpholine rings is 1. The smallest absolute Gasteiger partial charge is 0.250 e. The summed E-state index contributed by atoms with van der Waals surface area (Å²) in [7, 11) is 0. The van der Waals surface area contributed by atoms with Gasteiger partial charge in [0.15, 0.2) is 10.3 Å². The van der Waals surface area contributed by atoms with Gasteiger partial charge >= 0.3 is 0 Å². The highest BCUT2D eigenvalue weighted by Gasteiger charge is 2.19. The number of hydrazone groups is 1. The number of nitrogens with zero attached hydrogens (tertiary/aromatic N) is 4. The number of carbonyl (C=O) groups excluding carboxylic acids is 1. The van der Waals surface area contributed by atoms with E-state index in [0.29, 0.717) is 18.4 Å². The first-order valence-corrected chi connectivity index (χ1v) is 12.3. The molecule has 1 amide bonds. The van der Waals surface area contributed by atoms with Gasteiger partial charge in [0.05, 0.1) is 46.8 Å². The van der Waals surface area contributed by atoms with Gasteiger partial charge in [0.2, 0.25) is 0 Å². The Morgan fingerprint density at radius 1 is 1.15 bits per heavy atom. The Morgan fingerprint density at radius 3 is 2.76 bits per heavy atom. The molecule has 1 aliphatic heterocycles. The Morgan fingerprint density at radius 2 is 1.94 bits per heavy atom. The lowest BCUT2D eigenvalue weighted by molar-refractivity contribution is -0.118. The van der Waals surface area contributed by atoms with Crippen molar-refractivity contribution in [2.45, 2.75) is 5.16 Å². The Labute approximate surface area is 199 Å². The lowest BCUT2D eigenvalue weighted by atomic mass is 10.1. The van der Waals surface area contributed by atoms with E-state index < -0.39 is 0 Å². The fraction of sp³-hybridized carbons (Fsp3) is 0.217. The van der Waals surface area contributed by atoms with Crippen molar-refractivity contribution in [2.75, 3.05) is 37.0 Å². The number of ether oxygens (including phenoxy) is 1. The Balaban J connectivity index is 1.25. The predicted octanol–water partition coefficient (Wildman–Crippen LogP) is 3.77. The maximum absolute atomic E-state index is 12.3. The molecule has 1 aliphatic rings. The van der Waals surface area contributed by atoms with Gasteiger partial charge in [0.25, 0.3) is 5.91 Å². The van der Waals surface area contributed by atoms with Crippen LogP contribution in [0, 0.1) is 0 Å². The molecule has 2 N–H and O–H groups in total. The lowest BCUT2D eigenvalue weighted by Gasteiger charge is -2.26. The van der Waals surface area contributed by atoms with Crippen LogP contribution in [-0.2, 0) is 9.53 Å². The second-order valence-corrected chi connectivity index (χ2v) is 9.29. The molecule has 0 unspecified atom stereocenters. The van der Waals surface area contributed by atoms with Gasteiger partial charge in [0.1, 0.15) is 0 Å². The third kappa shape index (κ3) is 5.24. The molecule has 0 spiro atoms. The molecule has 0 bridgehead atoms. The summed E-state index contributed by atoms with van der Waals surface area (Å²) >= 11 is 2.91. The van der Waals surface area contributed by atoms with E-state index in [1.165, 1.54) is 11.8 Å². The highest BCUT2D eigenvalue weighted by molar-refractivity contribution is 7.99. The summed E-state index contributed by atoms with van der Waals surface area (Å²) in [6, 6.07) is 17.8. The van der Waals surface area contributed by atoms with Crippen LogP contribution >= 0.6 is 23.1 Å². The molecule has 1 fully saturated rings. The number of amides is 1. The molecule has 8 nitrogen and oxygen atoms in total. The van der Waals surface area contributed by atoms with Gasteiger partial charge in [-0.15, -0.1) is 0 Å². The molecule has 0 radical (unpaired) electrons. The molecule has 33 heavy (non-hydrogen) atoms. The van der Waals surface area contributed by atoms with Crippen LogP contribution in [0.3, 0.4) is 0 Å². The van der Waals surface area contributed by atoms with Gasteiger partial charge in [-0.3, -0.25) is 4.79 Å². The topological polar surface area (TPSA) is 95.5 Å². The van der Waals surface area contributed by atoms with E-state index in [1.54, 1.807) is 17.6 Å². The molecule has 4 aromatic rings. The predicted molar refractivity (Wildman–Crippen MR) is 133 cm³/mol. The standard InChI is InChI=1S/C23H22N6O2S2/c30-20(15-32-22-25-17-8-4-5-9-18(17)26-22)28-24-14-19-21(16-6-2-1-3-7-16)27-23(33-19)29-10-12-31-13-11-29/h1-9,14H,10-13,15H2,(H,25,26)(H,28,30)/b24-14-. The summed E-state index contributed by atoms with van der Waals surface area (Å²) < 4.78 is 5.46. The van der Waals surface area contributed by atoms with Crippen molar-refractivity contribution in [3.63, 3.8) is 0 Å². The van der Waals surface area contributed by atoms with E-state index in [1.807, 2.05) is 54.6 Å². The number of thioether (sulfide) groups is 1. The number of para-hydroxylation sites is 2. The van der Waals surface area contributed by atoms with Gasteiger partial charge in [-0.1, -0.05) is 65.6 Å². The number of fused-ring (bicyclic) bond motifs is 1. The number of aromatic nitrogens is 3. The van der Waals surface area contributed by atoms with Crippen LogP contribution in [0.5, 0.6) is 0 Å². The average Bonchev–Trinajstić information content (AvgIpc) is 3.48. The molecule has 168 valence electrons. The zero-order chi connectivity index (χ0) is 22.5. The molecule has 3 heterocycles. The number of nitrogens with one attached hydrogen (secondary N) is 2. The normalized spacial score (nSPS) is 14.2. The zero-order valence-corrected chi connectivity index (χ0v) is 19.4. The minimum absolute atomic E-state index is 0.198. The molecule has 5 rings (SSSR count).